The van der Waals surface area contributed by atoms with Crippen LogP contribution in [0.5, 0.6) is 0 Å². The molecular weight excluding hydrogens is 390 g/mol. The van der Waals surface area contributed by atoms with Gasteiger partial charge in [0.25, 0.3) is 5.56 Å². The molecule has 154 valence electrons. The number of ether oxygens (including phenoxy) is 1. The van der Waals surface area contributed by atoms with Gasteiger partial charge >= 0.3 is 5.97 Å². The Bertz CT molecular complexity index is 999. The van der Waals surface area contributed by atoms with Crippen molar-refractivity contribution in [2.24, 2.45) is 0 Å². The summed E-state index contributed by atoms with van der Waals surface area (Å²) >= 11 is 1.18. The number of fused-ring (bicyclic) bond motifs is 1. The Hall–Kier alpha value is -2.61. The number of rotatable bonds is 8. The van der Waals surface area contributed by atoms with E-state index in [2.05, 4.69) is 11.1 Å². The molecule has 1 aliphatic rings. The van der Waals surface area contributed by atoms with E-state index in [0.717, 1.165) is 31.4 Å². The summed E-state index contributed by atoms with van der Waals surface area (Å²) in [4.78, 5) is 44.0. The Kier molecular flexibility index (Phi) is 7.09. The van der Waals surface area contributed by atoms with Gasteiger partial charge in [0.15, 0.2) is 5.16 Å². The van der Waals surface area contributed by atoms with E-state index in [9.17, 15) is 14.4 Å². The molecule has 3 rings (SSSR count). The molecule has 0 fully saturated rings. The molecule has 0 saturated heterocycles. The van der Waals surface area contributed by atoms with Crippen molar-refractivity contribution in [3.63, 3.8) is 0 Å². The van der Waals surface area contributed by atoms with Crippen LogP contribution in [0.25, 0.3) is 10.9 Å². The molecule has 1 aromatic heterocycles. The summed E-state index contributed by atoms with van der Waals surface area (Å²) in [5, 5.41) is 0.764. The zero-order valence-corrected chi connectivity index (χ0v) is 17.5. The third kappa shape index (κ3) is 4.87. The lowest BCUT2D eigenvalue weighted by molar-refractivity contribution is -0.141. The highest BCUT2D eigenvalue weighted by atomic mass is 32.2. The van der Waals surface area contributed by atoms with Crippen molar-refractivity contribution in [2.75, 3.05) is 19.4 Å². The molecule has 0 bridgehead atoms. The predicted molar refractivity (Wildman–Crippen MR) is 113 cm³/mol. The largest absolute Gasteiger partial charge is 0.468 e. The maximum atomic E-state index is 12.9. The molecular formula is C21H25N3O4S. The molecule has 0 spiro atoms. The standard InChI is InChI=1S/C21H25N3O4S/c1-3-12-23(15-8-4-5-9-15)18(25)14-29-21-22-17-11-7-6-10-16(17)20(27)24(21)13-19(26)28-2/h6-8,10-11H,3-5,9,12-14H2,1-2H3. The summed E-state index contributed by atoms with van der Waals surface area (Å²) in [6.45, 7) is 2.47. The van der Waals surface area contributed by atoms with Gasteiger partial charge in [-0.3, -0.25) is 19.0 Å². The van der Waals surface area contributed by atoms with Crippen LogP contribution in [0.15, 0.2) is 46.0 Å². The molecule has 0 saturated carbocycles. The smallest absolute Gasteiger partial charge is 0.325 e. The Balaban J connectivity index is 1.87. The maximum absolute atomic E-state index is 12.9. The quantitative estimate of drug-likeness (QED) is 0.375. The van der Waals surface area contributed by atoms with E-state index in [1.165, 1.54) is 23.4 Å². The minimum atomic E-state index is -0.541. The number of aromatic nitrogens is 2. The first kappa shape index (κ1) is 21.1. The number of benzene rings is 1. The monoisotopic (exact) mass is 415 g/mol. The molecule has 1 heterocycles. The van der Waals surface area contributed by atoms with Crippen molar-refractivity contribution >= 4 is 34.5 Å². The summed E-state index contributed by atoms with van der Waals surface area (Å²) in [7, 11) is 1.27. The van der Waals surface area contributed by atoms with Crippen LogP contribution in [0.2, 0.25) is 0 Å². The Morgan fingerprint density at radius 3 is 2.79 bits per heavy atom. The second-order valence-corrected chi connectivity index (χ2v) is 7.74. The summed E-state index contributed by atoms with van der Waals surface area (Å²) in [5.74, 6) is -0.415. The normalized spacial score (nSPS) is 13.4. The van der Waals surface area contributed by atoms with E-state index in [0.29, 0.717) is 22.6 Å². The number of esters is 1. The van der Waals surface area contributed by atoms with Crippen LogP contribution in [-0.2, 0) is 20.9 Å². The minimum Gasteiger partial charge on any atom is -0.468 e. The van der Waals surface area contributed by atoms with Gasteiger partial charge in [-0.25, -0.2) is 4.98 Å². The Morgan fingerprint density at radius 2 is 2.10 bits per heavy atom. The number of hydrogen-bond acceptors (Lipinski definition) is 6. The number of para-hydroxylation sites is 1. The van der Waals surface area contributed by atoms with Crippen molar-refractivity contribution in [1.29, 1.82) is 0 Å². The third-order valence-corrected chi connectivity index (χ3v) is 5.74. The van der Waals surface area contributed by atoms with E-state index < -0.39 is 5.97 Å². The van der Waals surface area contributed by atoms with Gasteiger partial charge in [-0.2, -0.15) is 0 Å². The number of amides is 1. The molecule has 0 N–H and O–H groups in total. The van der Waals surface area contributed by atoms with E-state index in [1.54, 1.807) is 24.3 Å². The van der Waals surface area contributed by atoms with Crippen LogP contribution < -0.4 is 5.56 Å². The van der Waals surface area contributed by atoms with Crippen LogP contribution in [0.3, 0.4) is 0 Å². The minimum absolute atomic E-state index is 0.0166. The fraction of sp³-hybridized carbons (Fsp3) is 0.429. The van der Waals surface area contributed by atoms with Crippen molar-refractivity contribution in [3.05, 3.63) is 46.4 Å². The molecule has 29 heavy (non-hydrogen) atoms. The lowest BCUT2D eigenvalue weighted by Crippen LogP contribution is -2.32. The van der Waals surface area contributed by atoms with Gasteiger partial charge in [0, 0.05) is 12.2 Å². The average Bonchev–Trinajstić information content (AvgIpc) is 3.26. The van der Waals surface area contributed by atoms with Crippen molar-refractivity contribution in [2.45, 2.75) is 44.3 Å². The highest BCUT2D eigenvalue weighted by Crippen LogP contribution is 2.24. The van der Waals surface area contributed by atoms with Crippen LogP contribution >= 0.6 is 11.8 Å². The first-order valence-electron chi connectivity index (χ1n) is 9.73. The molecule has 0 unspecified atom stereocenters. The molecule has 1 aliphatic carbocycles. The second-order valence-electron chi connectivity index (χ2n) is 6.80. The highest BCUT2D eigenvalue weighted by molar-refractivity contribution is 7.99. The van der Waals surface area contributed by atoms with E-state index in [1.807, 2.05) is 11.8 Å². The fourth-order valence-corrected chi connectivity index (χ4v) is 4.22. The average molecular weight is 416 g/mol. The highest BCUT2D eigenvalue weighted by Gasteiger charge is 2.21. The van der Waals surface area contributed by atoms with Gasteiger partial charge in [-0.05, 0) is 37.8 Å². The molecule has 8 heteroatoms. The number of nitrogens with zero attached hydrogens (tertiary/aromatic N) is 3. The number of carbonyl (C=O) groups is 2. The van der Waals surface area contributed by atoms with E-state index >= 15 is 0 Å². The number of hydrogen-bond donors (Lipinski definition) is 0. The molecule has 1 amide bonds. The van der Waals surface area contributed by atoms with E-state index in [4.69, 9.17) is 4.74 Å². The predicted octanol–water partition coefficient (Wildman–Crippen LogP) is 2.97. The molecule has 0 radical (unpaired) electrons. The molecule has 2 aromatic rings. The number of carbonyl (C=O) groups excluding carboxylic acids is 2. The Labute approximate surface area is 173 Å². The summed E-state index contributed by atoms with van der Waals surface area (Å²) in [6, 6.07) is 6.97. The Morgan fingerprint density at radius 1 is 1.31 bits per heavy atom. The SMILES string of the molecule is CCCN(C(=O)CSc1nc2ccccc2c(=O)n1CC(=O)OC)C1=CCCC1. The van der Waals surface area contributed by atoms with Gasteiger partial charge in [0.05, 0.1) is 23.8 Å². The van der Waals surface area contributed by atoms with Gasteiger partial charge in [-0.15, -0.1) is 0 Å². The van der Waals surface area contributed by atoms with Gasteiger partial charge in [0.1, 0.15) is 6.54 Å². The lowest BCUT2D eigenvalue weighted by Gasteiger charge is -2.23. The van der Waals surface area contributed by atoms with E-state index in [-0.39, 0.29) is 23.8 Å². The zero-order chi connectivity index (χ0) is 20.8. The van der Waals surface area contributed by atoms with Crippen molar-refractivity contribution in [3.8, 4) is 0 Å². The molecule has 0 atom stereocenters. The summed E-state index contributed by atoms with van der Waals surface area (Å²) in [5.41, 5.74) is 1.30. The van der Waals surface area contributed by atoms with Crippen LogP contribution in [0, 0.1) is 0 Å². The topological polar surface area (TPSA) is 81.5 Å². The first-order valence-corrected chi connectivity index (χ1v) is 10.7. The summed E-state index contributed by atoms with van der Waals surface area (Å²) in [6.07, 6.45) is 5.98. The lowest BCUT2D eigenvalue weighted by atomic mass is 10.2. The van der Waals surface area contributed by atoms with Crippen LogP contribution in [0.1, 0.15) is 32.6 Å². The molecule has 0 aliphatic heterocycles. The molecule has 1 aromatic carbocycles. The fourth-order valence-electron chi connectivity index (χ4n) is 3.35. The summed E-state index contributed by atoms with van der Waals surface area (Å²) < 4.78 is 6.00. The second kappa shape index (κ2) is 9.73. The number of thioether (sulfide) groups is 1. The zero-order valence-electron chi connectivity index (χ0n) is 16.7. The van der Waals surface area contributed by atoms with Crippen molar-refractivity contribution in [1.82, 2.24) is 14.5 Å². The van der Waals surface area contributed by atoms with Gasteiger partial charge < -0.3 is 9.64 Å². The van der Waals surface area contributed by atoms with Crippen molar-refractivity contribution < 1.29 is 14.3 Å². The number of methoxy groups -OCH3 is 1. The first-order chi connectivity index (χ1) is 14.0. The number of allylic oxidation sites excluding steroid dienone is 2. The van der Waals surface area contributed by atoms with Crippen LogP contribution in [0.4, 0.5) is 0 Å². The van der Waals surface area contributed by atoms with Gasteiger partial charge in [-0.1, -0.05) is 36.9 Å². The molecule has 7 nitrogen and oxygen atoms in total. The third-order valence-electron chi connectivity index (χ3n) is 4.78. The van der Waals surface area contributed by atoms with Gasteiger partial charge in [0.2, 0.25) is 5.91 Å². The van der Waals surface area contributed by atoms with Crippen LogP contribution in [-0.4, -0.2) is 45.7 Å². The maximum Gasteiger partial charge on any atom is 0.325 e.